The maximum atomic E-state index is 11.1. The molecule has 1 heterocycles. The van der Waals surface area contributed by atoms with Gasteiger partial charge in [-0.1, -0.05) is 12.1 Å². The third kappa shape index (κ3) is 1.99. The molecule has 1 unspecified atom stereocenters. The molecular weight excluding hydrogens is 228 g/mol. The summed E-state index contributed by atoms with van der Waals surface area (Å²) in [5.74, 6) is -1.00. The van der Waals surface area contributed by atoms with Crippen LogP contribution in [-0.2, 0) is 4.79 Å². The van der Waals surface area contributed by atoms with E-state index in [0.29, 0.717) is 5.56 Å². The summed E-state index contributed by atoms with van der Waals surface area (Å²) in [6, 6.07) is 5.28. The third-order valence-electron chi connectivity index (χ3n) is 3.18. The Hall–Kier alpha value is -1.81. The molecule has 4 heteroatoms. The van der Waals surface area contributed by atoms with Crippen LogP contribution in [0.5, 0.6) is 0 Å². The predicted octanol–water partition coefficient (Wildman–Crippen LogP) is 2.62. The van der Waals surface area contributed by atoms with E-state index in [1.807, 2.05) is 25.3 Å². The molecule has 1 aromatic heterocycles. The van der Waals surface area contributed by atoms with E-state index in [1.54, 1.807) is 0 Å². The van der Waals surface area contributed by atoms with Crippen LogP contribution in [0.15, 0.2) is 24.4 Å². The number of nitrogens with two attached hydrogens (primary N) is 1. The zero-order valence-electron chi connectivity index (χ0n) is 10.8. The predicted molar refractivity (Wildman–Crippen MR) is 71.6 cm³/mol. The lowest BCUT2D eigenvalue weighted by molar-refractivity contribution is -0.138. The first-order chi connectivity index (χ1) is 8.41. The molecule has 0 saturated carbocycles. The lowest BCUT2D eigenvalue weighted by Crippen LogP contribution is -2.20. The van der Waals surface area contributed by atoms with E-state index in [1.165, 1.54) is 0 Å². The van der Waals surface area contributed by atoms with Crippen LogP contribution in [0.4, 0.5) is 0 Å². The summed E-state index contributed by atoms with van der Waals surface area (Å²) in [5.41, 5.74) is 8.60. The van der Waals surface area contributed by atoms with Gasteiger partial charge in [-0.2, -0.15) is 0 Å². The number of aryl methyl sites for hydroxylation is 1. The highest BCUT2D eigenvalue weighted by molar-refractivity contribution is 5.90. The lowest BCUT2D eigenvalue weighted by atomic mass is 10.1. The Balaban J connectivity index is 2.72. The van der Waals surface area contributed by atoms with Gasteiger partial charge in [0, 0.05) is 28.7 Å². The molecule has 2 aromatic rings. The van der Waals surface area contributed by atoms with Gasteiger partial charge in [0.1, 0.15) is 6.04 Å². The molecule has 0 fully saturated rings. The monoisotopic (exact) mass is 246 g/mol. The average molecular weight is 246 g/mol. The van der Waals surface area contributed by atoms with E-state index < -0.39 is 12.0 Å². The number of nitrogens with zero attached hydrogens (tertiary/aromatic N) is 1. The van der Waals surface area contributed by atoms with Gasteiger partial charge < -0.3 is 15.4 Å². The summed E-state index contributed by atoms with van der Waals surface area (Å²) < 4.78 is 2.07. The molecule has 0 bridgehead atoms. The second kappa shape index (κ2) is 4.46. The van der Waals surface area contributed by atoms with Gasteiger partial charge in [0.05, 0.1) is 0 Å². The fraction of sp³-hybridized carbons (Fsp3) is 0.357. The molecule has 4 nitrogen and oxygen atoms in total. The topological polar surface area (TPSA) is 68.2 Å². The molecule has 0 spiro atoms. The first-order valence-electron chi connectivity index (χ1n) is 6.01. The minimum atomic E-state index is -1.00. The summed E-state index contributed by atoms with van der Waals surface area (Å²) in [6.07, 6.45) is 1.85. The second-order valence-corrected chi connectivity index (χ2v) is 4.92. The van der Waals surface area contributed by atoms with Gasteiger partial charge in [0.15, 0.2) is 0 Å². The van der Waals surface area contributed by atoms with E-state index in [0.717, 1.165) is 16.5 Å². The zero-order chi connectivity index (χ0) is 13.4. The lowest BCUT2D eigenvalue weighted by Gasteiger charge is -2.09. The smallest absolute Gasteiger partial charge is 0.325 e. The van der Waals surface area contributed by atoms with Crippen LogP contribution in [0.2, 0.25) is 0 Å². The van der Waals surface area contributed by atoms with Crippen LogP contribution < -0.4 is 5.73 Å². The largest absolute Gasteiger partial charge is 0.480 e. The standard InChI is InChI=1S/C14H18N2O2/c1-8(2)16-7-11(13(15)14(17)18)10-5-4-9(3)6-12(10)16/h4-8,13H,15H2,1-3H3,(H,17,18). The number of fused-ring (bicyclic) bond motifs is 1. The summed E-state index contributed by atoms with van der Waals surface area (Å²) in [7, 11) is 0. The molecule has 0 radical (unpaired) electrons. The summed E-state index contributed by atoms with van der Waals surface area (Å²) in [5, 5.41) is 9.98. The minimum absolute atomic E-state index is 0.268. The molecule has 0 amide bonds. The van der Waals surface area contributed by atoms with Gasteiger partial charge in [0.25, 0.3) is 0 Å². The number of carbonyl (C=O) groups is 1. The van der Waals surface area contributed by atoms with Crippen molar-refractivity contribution in [3.63, 3.8) is 0 Å². The Morgan fingerprint density at radius 2 is 2.06 bits per heavy atom. The van der Waals surface area contributed by atoms with Crippen molar-refractivity contribution in [1.29, 1.82) is 0 Å². The van der Waals surface area contributed by atoms with Gasteiger partial charge in [-0.15, -0.1) is 0 Å². The summed E-state index contributed by atoms with van der Waals surface area (Å²) >= 11 is 0. The van der Waals surface area contributed by atoms with E-state index in [-0.39, 0.29) is 6.04 Å². The molecule has 0 aliphatic carbocycles. The number of carboxylic acid groups (broad SMARTS) is 1. The Kier molecular flexibility index (Phi) is 3.13. The van der Waals surface area contributed by atoms with Crippen molar-refractivity contribution in [2.24, 2.45) is 5.73 Å². The first-order valence-corrected chi connectivity index (χ1v) is 6.01. The van der Waals surface area contributed by atoms with Crippen LogP contribution in [0, 0.1) is 6.92 Å². The molecule has 3 N–H and O–H groups in total. The van der Waals surface area contributed by atoms with Gasteiger partial charge >= 0.3 is 5.97 Å². The summed E-state index contributed by atoms with van der Waals surface area (Å²) in [6.45, 7) is 6.16. The molecule has 0 saturated heterocycles. The van der Waals surface area contributed by atoms with Crippen molar-refractivity contribution in [3.05, 3.63) is 35.5 Å². The molecule has 0 aliphatic rings. The molecule has 18 heavy (non-hydrogen) atoms. The zero-order valence-corrected chi connectivity index (χ0v) is 10.8. The molecule has 0 aliphatic heterocycles. The highest BCUT2D eigenvalue weighted by Crippen LogP contribution is 2.29. The van der Waals surface area contributed by atoms with Crippen molar-refractivity contribution in [3.8, 4) is 0 Å². The number of hydrogen-bond donors (Lipinski definition) is 2. The average Bonchev–Trinajstić information content (AvgIpc) is 2.66. The number of aliphatic carboxylic acids is 1. The maximum Gasteiger partial charge on any atom is 0.325 e. The number of aromatic nitrogens is 1. The molecule has 2 rings (SSSR count). The Bertz CT molecular complexity index is 599. The van der Waals surface area contributed by atoms with Crippen LogP contribution in [0.1, 0.15) is 37.1 Å². The van der Waals surface area contributed by atoms with Crippen LogP contribution in [0.25, 0.3) is 10.9 Å². The van der Waals surface area contributed by atoms with Crippen molar-refractivity contribution in [1.82, 2.24) is 4.57 Å². The van der Waals surface area contributed by atoms with Gasteiger partial charge in [-0.05, 0) is 32.4 Å². The fourth-order valence-electron chi connectivity index (χ4n) is 2.20. The van der Waals surface area contributed by atoms with E-state index in [9.17, 15) is 4.79 Å². The number of hydrogen-bond acceptors (Lipinski definition) is 2. The normalized spacial score (nSPS) is 13.2. The number of carboxylic acids is 1. The van der Waals surface area contributed by atoms with Gasteiger partial charge in [-0.3, -0.25) is 4.79 Å². The van der Waals surface area contributed by atoms with E-state index >= 15 is 0 Å². The SMILES string of the molecule is Cc1ccc2c(C(N)C(=O)O)cn(C(C)C)c2c1. The number of rotatable bonds is 3. The van der Waals surface area contributed by atoms with Gasteiger partial charge in [0.2, 0.25) is 0 Å². The summed E-state index contributed by atoms with van der Waals surface area (Å²) in [4.78, 5) is 11.1. The molecular formula is C14H18N2O2. The highest BCUT2D eigenvalue weighted by Gasteiger charge is 2.20. The Morgan fingerprint density at radius 1 is 1.39 bits per heavy atom. The highest BCUT2D eigenvalue weighted by atomic mass is 16.4. The molecule has 1 atom stereocenters. The quantitative estimate of drug-likeness (QED) is 0.874. The number of benzene rings is 1. The second-order valence-electron chi connectivity index (χ2n) is 4.92. The van der Waals surface area contributed by atoms with Crippen molar-refractivity contribution < 1.29 is 9.90 Å². The van der Waals surface area contributed by atoms with Crippen LogP contribution in [0.3, 0.4) is 0 Å². The van der Waals surface area contributed by atoms with Gasteiger partial charge in [-0.25, -0.2) is 0 Å². The fourth-order valence-corrected chi connectivity index (χ4v) is 2.20. The van der Waals surface area contributed by atoms with Crippen molar-refractivity contribution >= 4 is 16.9 Å². The minimum Gasteiger partial charge on any atom is -0.480 e. The van der Waals surface area contributed by atoms with Crippen LogP contribution >= 0.6 is 0 Å². The molecule has 96 valence electrons. The Labute approximate surface area is 106 Å². The molecule has 1 aromatic carbocycles. The van der Waals surface area contributed by atoms with Crippen molar-refractivity contribution in [2.45, 2.75) is 32.9 Å². The van der Waals surface area contributed by atoms with E-state index in [2.05, 4.69) is 24.5 Å². The van der Waals surface area contributed by atoms with Crippen LogP contribution in [-0.4, -0.2) is 15.6 Å². The first kappa shape index (κ1) is 12.6. The van der Waals surface area contributed by atoms with Crippen molar-refractivity contribution in [2.75, 3.05) is 0 Å². The maximum absolute atomic E-state index is 11.1. The Morgan fingerprint density at radius 3 is 2.61 bits per heavy atom. The third-order valence-corrected chi connectivity index (χ3v) is 3.18. The van der Waals surface area contributed by atoms with E-state index in [4.69, 9.17) is 10.8 Å².